The monoisotopic (exact) mass is 157 g/mol. The van der Waals surface area contributed by atoms with Gasteiger partial charge >= 0.3 is 0 Å². The molecule has 1 heterocycles. The smallest absolute Gasteiger partial charge is 0.0131 e. The first-order valence-corrected chi connectivity index (χ1v) is 4.98. The summed E-state index contributed by atoms with van der Waals surface area (Å²) in [5.41, 5.74) is 0. The zero-order valence-corrected chi connectivity index (χ0v) is 7.29. The molecule has 0 aromatic rings. The third kappa shape index (κ3) is 2.76. The van der Waals surface area contributed by atoms with Crippen LogP contribution >= 0.6 is 11.8 Å². The molecule has 0 saturated carbocycles. The summed E-state index contributed by atoms with van der Waals surface area (Å²) in [6.07, 6.45) is 5.96. The van der Waals surface area contributed by atoms with Crippen LogP contribution in [0.15, 0.2) is 12.2 Å². The topological polar surface area (TPSA) is 12.0 Å². The Morgan fingerprint density at radius 3 is 3.20 bits per heavy atom. The molecule has 1 fully saturated rings. The van der Waals surface area contributed by atoms with Crippen LogP contribution in [-0.2, 0) is 0 Å². The first-order chi connectivity index (χ1) is 4.93. The number of nitrogens with one attached hydrogen (secondary N) is 1. The van der Waals surface area contributed by atoms with Gasteiger partial charge in [0.15, 0.2) is 0 Å². The summed E-state index contributed by atoms with van der Waals surface area (Å²) in [7, 11) is 1.98. The second kappa shape index (κ2) is 4.80. The van der Waals surface area contributed by atoms with Gasteiger partial charge in [0.2, 0.25) is 0 Å². The van der Waals surface area contributed by atoms with Gasteiger partial charge in [-0.15, -0.1) is 0 Å². The van der Waals surface area contributed by atoms with Gasteiger partial charge in [-0.1, -0.05) is 12.2 Å². The van der Waals surface area contributed by atoms with Crippen LogP contribution in [0.4, 0.5) is 0 Å². The maximum atomic E-state index is 3.10. The second-order valence-corrected chi connectivity index (χ2v) is 3.76. The lowest BCUT2D eigenvalue weighted by molar-refractivity contribution is 0.742. The Balaban J connectivity index is 2.10. The zero-order valence-electron chi connectivity index (χ0n) is 6.47. The van der Waals surface area contributed by atoms with E-state index in [0.29, 0.717) is 0 Å². The molecule has 0 aromatic carbocycles. The third-order valence-corrected chi connectivity index (χ3v) is 2.88. The number of hydrogen-bond acceptors (Lipinski definition) is 2. The minimum absolute atomic E-state index is 0.860. The van der Waals surface area contributed by atoms with E-state index in [1.807, 2.05) is 7.05 Å². The van der Waals surface area contributed by atoms with Crippen molar-refractivity contribution >= 4 is 11.8 Å². The van der Waals surface area contributed by atoms with E-state index < -0.39 is 0 Å². The molecule has 0 bridgehead atoms. The molecular weight excluding hydrogens is 142 g/mol. The van der Waals surface area contributed by atoms with Crippen LogP contribution in [0.25, 0.3) is 0 Å². The molecule has 1 rings (SSSR count). The summed E-state index contributed by atoms with van der Waals surface area (Å²) in [5, 5.41) is 3.10. The van der Waals surface area contributed by atoms with Crippen LogP contribution in [0.3, 0.4) is 0 Å². The maximum Gasteiger partial charge on any atom is 0.0131 e. The molecule has 0 amide bonds. The lowest BCUT2D eigenvalue weighted by atomic mass is 10.1. The second-order valence-electron chi connectivity index (χ2n) is 2.61. The first-order valence-electron chi connectivity index (χ1n) is 3.82. The van der Waals surface area contributed by atoms with Crippen LogP contribution in [-0.4, -0.2) is 25.1 Å². The van der Waals surface area contributed by atoms with Crippen LogP contribution < -0.4 is 5.32 Å². The van der Waals surface area contributed by atoms with Gasteiger partial charge in [0, 0.05) is 6.54 Å². The van der Waals surface area contributed by atoms with Crippen LogP contribution in [0.5, 0.6) is 0 Å². The van der Waals surface area contributed by atoms with Crippen molar-refractivity contribution in [1.29, 1.82) is 0 Å². The minimum atomic E-state index is 0.860. The van der Waals surface area contributed by atoms with Gasteiger partial charge in [0.25, 0.3) is 0 Å². The number of hydrogen-bond donors (Lipinski definition) is 1. The first kappa shape index (κ1) is 8.15. The Morgan fingerprint density at radius 1 is 1.70 bits per heavy atom. The van der Waals surface area contributed by atoms with E-state index in [4.69, 9.17) is 0 Å². The van der Waals surface area contributed by atoms with Crippen molar-refractivity contribution in [2.75, 3.05) is 25.1 Å². The molecule has 1 saturated heterocycles. The molecule has 0 radical (unpaired) electrons. The highest BCUT2D eigenvalue weighted by molar-refractivity contribution is 7.99. The lowest BCUT2D eigenvalue weighted by Gasteiger charge is -1.97. The van der Waals surface area contributed by atoms with Crippen molar-refractivity contribution in [2.24, 2.45) is 5.92 Å². The van der Waals surface area contributed by atoms with E-state index in [1.165, 1.54) is 17.9 Å². The van der Waals surface area contributed by atoms with Gasteiger partial charge < -0.3 is 5.32 Å². The summed E-state index contributed by atoms with van der Waals surface area (Å²) >= 11 is 2.07. The van der Waals surface area contributed by atoms with E-state index in [9.17, 15) is 0 Å². The largest absolute Gasteiger partial charge is 0.316 e. The molecule has 1 atom stereocenters. The zero-order chi connectivity index (χ0) is 7.23. The van der Waals surface area contributed by atoms with Crippen molar-refractivity contribution in [3.63, 3.8) is 0 Å². The number of allylic oxidation sites excluding steroid dienone is 1. The third-order valence-electron chi connectivity index (χ3n) is 1.70. The van der Waals surface area contributed by atoms with E-state index >= 15 is 0 Å². The van der Waals surface area contributed by atoms with Crippen molar-refractivity contribution in [3.8, 4) is 0 Å². The number of thioether (sulfide) groups is 1. The summed E-state index contributed by atoms with van der Waals surface area (Å²) in [6.45, 7) is 1.02. The lowest BCUT2D eigenvalue weighted by Crippen LogP contribution is -2.04. The molecule has 0 spiro atoms. The highest BCUT2D eigenvalue weighted by atomic mass is 32.2. The molecule has 1 aliphatic rings. The molecular formula is C8H15NS. The molecule has 10 heavy (non-hydrogen) atoms. The summed E-state index contributed by atoms with van der Waals surface area (Å²) in [6, 6.07) is 0. The van der Waals surface area contributed by atoms with Gasteiger partial charge in [-0.2, -0.15) is 11.8 Å². The molecule has 1 nitrogen and oxygen atoms in total. The predicted octanol–water partition coefficient (Wildman–Crippen LogP) is 1.52. The highest BCUT2D eigenvalue weighted by Gasteiger charge is 2.10. The van der Waals surface area contributed by atoms with Crippen molar-refractivity contribution < 1.29 is 0 Å². The molecule has 0 aromatic heterocycles. The Bertz CT molecular complexity index is 106. The average Bonchev–Trinajstić information content (AvgIpc) is 2.41. The van der Waals surface area contributed by atoms with Crippen LogP contribution in [0.1, 0.15) is 6.42 Å². The van der Waals surface area contributed by atoms with Crippen molar-refractivity contribution in [3.05, 3.63) is 12.2 Å². The van der Waals surface area contributed by atoms with Gasteiger partial charge in [-0.05, 0) is 30.9 Å². The van der Waals surface area contributed by atoms with E-state index in [1.54, 1.807) is 0 Å². The predicted molar refractivity (Wildman–Crippen MR) is 48.5 cm³/mol. The Labute approximate surface area is 67.3 Å². The quantitative estimate of drug-likeness (QED) is 0.623. The Morgan fingerprint density at radius 2 is 2.60 bits per heavy atom. The number of likely N-dealkylation sites (N-methyl/N-ethyl adjacent to an activating group) is 1. The Hall–Kier alpha value is 0.0500. The SMILES string of the molecule is CNC/C=C/C1CCSC1. The van der Waals surface area contributed by atoms with Gasteiger partial charge in [-0.25, -0.2) is 0 Å². The molecule has 2 heteroatoms. The van der Waals surface area contributed by atoms with Gasteiger partial charge in [-0.3, -0.25) is 0 Å². The Kier molecular flexibility index (Phi) is 3.91. The van der Waals surface area contributed by atoms with Crippen molar-refractivity contribution in [2.45, 2.75) is 6.42 Å². The van der Waals surface area contributed by atoms with Crippen LogP contribution in [0.2, 0.25) is 0 Å². The highest BCUT2D eigenvalue weighted by Crippen LogP contribution is 2.23. The molecule has 0 aliphatic carbocycles. The molecule has 58 valence electrons. The van der Waals surface area contributed by atoms with Crippen LogP contribution in [0, 0.1) is 5.92 Å². The fourth-order valence-electron chi connectivity index (χ4n) is 1.08. The molecule has 1 aliphatic heterocycles. The molecule has 1 unspecified atom stereocenters. The summed E-state index contributed by atoms with van der Waals surface area (Å²) in [4.78, 5) is 0. The van der Waals surface area contributed by atoms with E-state index in [-0.39, 0.29) is 0 Å². The summed E-state index contributed by atoms with van der Waals surface area (Å²) in [5.74, 6) is 3.55. The fourth-order valence-corrected chi connectivity index (χ4v) is 2.30. The van der Waals surface area contributed by atoms with E-state index in [2.05, 4.69) is 29.2 Å². The normalized spacial score (nSPS) is 26.3. The van der Waals surface area contributed by atoms with E-state index in [0.717, 1.165) is 12.5 Å². The minimum Gasteiger partial charge on any atom is -0.316 e. The summed E-state index contributed by atoms with van der Waals surface area (Å²) < 4.78 is 0. The molecule has 1 N–H and O–H groups in total. The van der Waals surface area contributed by atoms with Gasteiger partial charge in [0.05, 0.1) is 0 Å². The van der Waals surface area contributed by atoms with Crippen molar-refractivity contribution in [1.82, 2.24) is 5.32 Å². The standard InChI is InChI=1S/C8H15NS/c1-9-5-2-3-8-4-6-10-7-8/h2-3,8-9H,4-7H2,1H3/b3-2+. The maximum absolute atomic E-state index is 3.10. The number of rotatable bonds is 3. The average molecular weight is 157 g/mol. The fraction of sp³-hybridized carbons (Fsp3) is 0.750. The van der Waals surface area contributed by atoms with Gasteiger partial charge in [0.1, 0.15) is 0 Å².